The van der Waals surface area contributed by atoms with Gasteiger partial charge in [0.25, 0.3) is 0 Å². The van der Waals surface area contributed by atoms with E-state index in [0.29, 0.717) is 6.42 Å². The van der Waals surface area contributed by atoms with Crippen LogP contribution in [0.15, 0.2) is 59.8 Å². The quantitative estimate of drug-likeness (QED) is 0.809. The Morgan fingerprint density at radius 3 is 2.46 bits per heavy atom. The zero-order chi connectivity index (χ0) is 18.3. The van der Waals surface area contributed by atoms with E-state index in [0.717, 1.165) is 40.4 Å². The number of rotatable bonds is 2. The van der Waals surface area contributed by atoms with Gasteiger partial charge in [0.1, 0.15) is 5.75 Å². The van der Waals surface area contributed by atoms with Crippen LogP contribution in [0.5, 0.6) is 5.75 Å². The summed E-state index contributed by atoms with van der Waals surface area (Å²) in [5.74, 6) is 0.980. The minimum absolute atomic E-state index is 0.0481. The van der Waals surface area contributed by atoms with Crippen molar-refractivity contribution in [3.05, 3.63) is 65.4 Å². The number of ether oxygens (including phenoxy) is 1. The monoisotopic (exact) mass is 348 g/mol. The predicted octanol–water partition coefficient (Wildman–Crippen LogP) is 4.92. The first-order chi connectivity index (χ1) is 12.5. The summed E-state index contributed by atoms with van der Waals surface area (Å²) in [6.45, 7) is 4.30. The molecule has 2 aromatic carbocycles. The molecule has 26 heavy (non-hydrogen) atoms. The fraction of sp³-hybridized carbons (Fsp3) is 0.318. The van der Waals surface area contributed by atoms with Gasteiger partial charge in [-0.25, -0.2) is 0 Å². The van der Waals surface area contributed by atoms with E-state index in [1.807, 2.05) is 48.5 Å². The second-order valence-corrected chi connectivity index (χ2v) is 7.82. The maximum Gasteiger partial charge on any atom is 0.163 e. The highest BCUT2D eigenvalue weighted by atomic mass is 16.5. The van der Waals surface area contributed by atoms with E-state index in [9.17, 15) is 4.79 Å². The molecule has 1 atom stereocenters. The van der Waals surface area contributed by atoms with E-state index in [4.69, 9.17) is 4.74 Å². The number of para-hydroxylation sites is 3. The average molecular weight is 348 g/mol. The van der Waals surface area contributed by atoms with Crippen LogP contribution in [0.4, 0.5) is 11.4 Å². The number of nitrogens with one attached hydrogen (secondary N) is 2. The van der Waals surface area contributed by atoms with Gasteiger partial charge in [0, 0.05) is 23.3 Å². The van der Waals surface area contributed by atoms with Gasteiger partial charge in [-0.05, 0) is 30.0 Å². The van der Waals surface area contributed by atoms with Crippen LogP contribution in [-0.4, -0.2) is 12.9 Å². The minimum Gasteiger partial charge on any atom is -0.496 e. The molecule has 0 bridgehead atoms. The van der Waals surface area contributed by atoms with Crippen LogP contribution in [0.25, 0.3) is 0 Å². The molecule has 0 amide bonds. The molecule has 0 saturated heterocycles. The Hall–Kier alpha value is -2.75. The Morgan fingerprint density at radius 1 is 1.00 bits per heavy atom. The summed E-state index contributed by atoms with van der Waals surface area (Å²) in [5, 5.41) is 7.13. The van der Waals surface area contributed by atoms with E-state index in [1.165, 1.54) is 0 Å². The van der Waals surface area contributed by atoms with Gasteiger partial charge in [-0.3, -0.25) is 4.79 Å². The van der Waals surface area contributed by atoms with E-state index in [1.54, 1.807) is 7.11 Å². The highest BCUT2D eigenvalue weighted by Crippen LogP contribution is 2.46. The number of hydrogen-bond acceptors (Lipinski definition) is 4. The Kier molecular flexibility index (Phi) is 3.98. The molecule has 0 aromatic heterocycles. The van der Waals surface area contributed by atoms with Crippen molar-refractivity contribution in [3.63, 3.8) is 0 Å². The number of fused-ring (bicyclic) bond motifs is 1. The number of benzene rings is 2. The Balaban J connectivity index is 1.92. The lowest BCUT2D eigenvalue weighted by molar-refractivity contribution is -0.118. The summed E-state index contributed by atoms with van der Waals surface area (Å²) < 4.78 is 5.59. The fourth-order valence-corrected chi connectivity index (χ4v) is 4.03. The first-order valence-electron chi connectivity index (χ1n) is 9.00. The van der Waals surface area contributed by atoms with Crippen molar-refractivity contribution < 1.29 is 9.53 Å². The number of hydrogen-bond donors (Lipinski definition) is 2. The Labute approximate surface area is 154 Å². The topological polar surface area (TPSA) is 50.4 Å². The third kappa shape index (κ3) is 2.85. The predicted molar refractivity (Wildman–Crippen MR) is 104 cm³/mol. The molecule has 1 aliphatic carbocycles. The van der Waals surface area contributed by atoms with Gasteiger partial charge in [0.15, 0.2) is 5.78 Å². The van der Waals surface area contributed by atoms with Crippen molar-refractivity contribution in [2.24, 2.45) is 5.41 Å². The number of carbonyl (C=O) groups is 1. The lowest BCUT2D eigenvalue weighted by atomic mass is 9.73. The highest BCUT2D eigenvalue weighted by molar-refractivity contribution is 6.01. The third-order valence-corrected chi connectivity index (χ3v) is 5.17. The molecule has 1 aliphatic heterocycles. The molecular weight excluding hydrogens is 324 g/mol. The van der Waals surface area contributed by atoms with Crippen LogP contribution in [-0.2, 0) is 4.79 Å². The molecule has 2 aromatic rings. The molecule has 2 aliphatic rings. The normalized spacial score (nSPS) is 21.0. The molecule has 1 heterocycles. The number of carbonyl (C=O) groups excluding carboxylic acids is 1. The number of anilines is 2. The Bertz CT molecular complexity index is 899. The van der Waals surface area contributed by atoms with Gasteiger partial charge in [0.2, 0.25) is 0 Å². The minimum atomic E-state index is -0.235. The lowest BCUT2D eigenvalue weighted by Gasteiger charge is -2.34. The number of ketones is 1. The molecule has 2 N–H and O–H groups in total. The molecule has 0 spiro atoms. The smallest absolute Gasteiger partial charge is 0.163 e. The molecule has 0 fully saturated rings. The maximum absolute atomic E-state index is 13.2. The summed E-state index contributed by atoms with van der Waals surface area (Å²) in [5.41, 5.74) is 4.76. The summed E-state index contributed by atoms with van der Waals surface area (Å²) in [6, 6.07) is 15.8. The number of Topliss-reactive ketones (excluding diaryl/α,β-unsaturated/α-hetero) is 1. The van der Waals surface area contributed by atoms with Gasteiger partial charge >= 0.3 is 0 Å². The van der Waals surface area contributed by atoms with Crippen molar-refractivity contribution in [2.75, 3.05) is 17.7 Å². The van der Waals surface area contributed by atoms with Crippen LogP contribution in [0.1, 0.15) is 38.3 Å². The van der Waals surface area contributed by atoms with Crippen molar-refractivity contribution in [1.29, 1.82) is 0 Å². The Morgan fingerprint density at radius 2 is 1.69 bits per heavy atom. The largest absolute Gasteiger partial charge is 0.496 e. The van der Waals surface area contributed by atoms with Crippen molar-refractivity contribution in [3.8, 4) is 5.75 Å². The first-order valence-corrected chi connectivity index (χ1v) is 9.00. The number of allylic oxidation sites excluding steroid dienone is 1. The highest BCUT2D eigenvalue weighted by Gasteiger charge is 2.39. The molecule has 0 unspecified atom stereocenters. The summed E-state index contributed by atoms with van der Waals surface area (Å²) in [6.07, 6.45) is 1.40. The van der Waals surface area contributed by atoms with Crippen LogP contribution >= 0.6 is 0 Å². The second kappa shape index (κ2) is 6.20. The zero-order valence-electron chi connectivity index (χ0n) is 15.4. The molecular formula is C22H24N2O2. The summed E-state index contributed by atoms with van der Waals surface area (Å²) in [4.78, 5) is 13.2. The van der Waals surface area contributed by atoms with Gasteiger partial charge < -0.3 is 15.4 Å². The van der Waals surface area contributed by atoms with Crippen molar-refractivity contribution in [1.82, 2.24) is 0 Å². The zero-order valence-corrected chi connectivity index (χ0v) is 15.4. The van der Waals surface area contributed by atoms with Crippen LogP contribution < -0.4 is 15.4 Å². The van der Waals surface area contributed by atoms with E-state index in [-0.39, 0.29) is 17.2 Å². The van der Waals surface area contributed by atoms with E-state index in [2.05, 4.69) is 24.5 Å². The lowest BCUT2D eigenvalue weighted by Crippen LogP contribution is -2.31. The van der Waals surface area contributed by atoms with Gasteiger partial charge in [0.05, 0.1) is 24.5 Å². The van der Waals surface area contributed by atoms with Crippen molar-refractivity contribution >= 4 is 17.2 Å². The molecule has 0 radical (unpaired) electrons. The van der Waals surface area contributed by atoms with Gasteiger partial charge in [-0.2, -0.15) is 0 Å². The third-order valence-electron chi connectivity index (χ3n) is 5.17. The maximum atomic E-state index is 13.2. The number of methoxy groups -OCH3 is 1. The average Bonchev–Trinajstić information content (AvgIpc) is 2.76. The standard InChI is InChI=1S/C22H24N2O2/c1-22(2)12-17-20(18(25)13-22)21(14-8-4-7-11-19(14)26-3)24-16-10-6-5-9-15(16)23-17/h4-11,21,23-24H,12-13H2,1-3H3/t21-/m0/s1. The SMILES string of the molecule is COc1ccccc1[C@@H]1Nc2ccccc2NC2=C1C(=O)CC(C)(C)C2. The molecule has 0 saturated carbocycles. The summed E-state index contributed by atoms with van der Waals surface area (Å²) in [7, 11) is 1.67. The van der Waals surface area contributed by atoms with Gasteiger partial charge in [-0.15, -0.1) is 0 Å². The van der Waals surface area contributed by atoms with Crippen LogP contribution in [0, 0.1) is 5.41 Å². The first kappa shape index (κ1) is 16.7. The molecule has 4 nitrogen and oxygen atoms in total. The fourth-order valence-electron chi connectivity index (χ4n) is 4.03. The molecule has 4 heteroatoms. The van der Waals surface area contributed by atoms with Crippen LogP contribution in [0.2, 0.25) is 0 Å². The van der Waals surface area contributed by atoms with Gasteiger partial charge in [-0.1, -0.05) is 44.2 Å². The summed E-state index contributed by atoms with van der Waals surface area (Å²) >= 11 is 0. The van der Waals surface area contributed by atoms with E-state index >= 15 is 0 Å². The molecule has 134 valence electrons. The van der Waals surface area contributed by atoms with E-state index < -0.39 is 0 Å². The van der Waals surface area contributed by atoms with Crippen LogP contribution in [0.3, 0.4) is 0 Å². The van der Waals surface area contributed by atoms with Crippen molar-refractivity contribution in [2.45, 2.75) is 32.7 Å². The molecule has 4 rings (SSSR count). The second-order valence-electron chi connectivity index (χ2n) is 7.82.